The summed E-state index contributed by atoms with van der Waals surface area (Å²) in [7, 11) is 0. The van der Waals surface area contributed by atoms with E-state index in [1.165, 1.54) is 30.0 Å². The highest BCUT2D eigenvalue weighted by atomic mass is 35.5. The zero-order chi connectivity index (χ0) is 27.9. The molecular formula is C30H24Cl2FN5OS. The van der Waals surface area contributed by atoms with Crippen LogP contribution in [0.4, 0.5) is 14.9 Å². The molecule has 6 nitrogen and oxygen atoms in total. The van der Waals surface area contributed by atoms with Crippen molar-refractivity contribution in [3.8, 4) is 5.69 Å². The molecule has 1 heterocycles. The molecule has 2 N–H and O–H groups in total. The van der Waals surface area contributed by atoms with E-state index < -0.39 is 17.9 Å². The van der Waals surface area contributed by atoms with Crippen LogP contribution in [0.3, 0.4) is 0 Å². The van der Waals surface area contributed by atoms with Crippen molar-refractivity contribution < 1.29 is 9.18 Å². The second-order valence-electron chi connectivity index (χ2n) is 8.90. The number of rotatable bonds is 9. The van der Waals surface area contributed by atoms with Gasteiger partial charge < -0.3 is 10.6 Å². The van der Waals surface area contributed by atoms with Crippen molar-refractivity contribution in [1.29, 1.82) is 0 Å². The Kier molecular flexibility index (Phi) is 9.01. The number of nitrogens with zero attached hydrogens (tertiary/aromatic N) is 3. The van der Waals surface area contributed by atoms with Gasteiger partial charge in [-0.25, -0.2) is 9.18 Å². The molecule has 10 heteroatoms. The maximum Gasteiger partial charge on any atom is 0.319 e. The average Bonchev–Trinajstić information content (AvgIpc) is 3.36. The molecule has 202 valence electrons. The van der Waals surface area contributed by atoms with Crippen LogP contribution in [0.1, 0.15) is 23.0 Å². The Labute approximate surface area is 245 Å². The maximum atomic E-state index is 13.7. The summed E-state index contributed by atoms with van der Waals surface area (Å²) in [5.41, 5.74) is 3.07. The number of carbonyl (C=O) groups is 1. The molecule has 0 bridgehead atoms. The van der Waals surface area contributed by atoms with Crippen molar-refractivity contribution in [3.63, 3.8) is 0 Å². The molecule has 0 aliphatic heterocycles. The molecule has 0 saturated heterocycles. The van der Waals surface area contributed by atoms with Crippen LogP contribution in [0.15, 0.2) is 108 Å². The fourth-order valence-corrected chi connectivity index (χ4v) is 5.56. The second-order valence-corrected chi connectivity index (χ2v) is 10.7. The fourth-order valence-electron chi connectivity index (χ4n) is 4.16. The smallest absolute Gasteiger partial charge is 0.319 e. The van der Waals surface area contributed by atoms with Gasteiger partial charge in [0.25, 0.3) is 0 Å². The van der Waals surface area contributed by atoms with Crippen LogP contribution in [0.25, 0.3) is 5.69 Å². The average molecular weight is 593 g/mol. The quantitative estimate of drug-likeness (QED) is 0.170. The lowest BCUT2D eigenvalue weighted by Gasteiger charge is -2.21. The zero-order valence-corrected chi connectivity index (χ0v) is 23.4. The third-order valence-electron chi connectivity index (χ3n) is 6.00. The standard InChI is InChI=1S/C30H24Cl2FN5OS/c31-22-14-15-27(25(32)17-22)38-28(36-37-30(38)40-19-21-10-5-2-6-11-21)26(16-20-8-3-1-4-9-20)35-29(39)34-24-13-7-12-23(33)18-24/h1-15,17-18,26H,16,19H2,(H2,34,35,39). The molecule has 0 fully saturated rings. The molecule has 0 aliphatic rings. The first-order valence-electron chi connectivity index (χ1n) is 12.4. The molecule has 4 aromatic carbocycles. The first-order chi connectivity index (χ1) is 19.5. The van der Waals surface area contributed by atoms with Gasteiger partial charge in [-0.1, -0.05) is 102 Å². The Bertz CT molecular complexity index is 1600. The van der Waals surface area contributed by atoms with E-state index in [0.29, 0.717) is 44.6 Å². The summed E-state index contributed by atoms with van der Waals surface area (Å²) in [6.07, 6.45) is 0.421. The molecule has 5 rings (SSSR count). The van der Waals surface area contributed by atoms with Gasteiger partial charge in [0.2, 0.25) is 0 Å². The number of nitrogens with one attached hydrogen (secondary N) is 2. The van der Waals surface area contributed by atoms with Crippen molar-refractivity contribution in [3.05, 3.63) is 136 Å². The van der Waals surface area contributed by atoms with Crippen LogP contribution < -0.4 is 10.6 Å². The number of anilines is 1. The number of hydrogen-bond acceptors (Lipinski definition) is 4. The summed E-state index contributed by atoms with van der Waals surface area (Å²) in [5, 5.41) is 16.3. The lowest BCUT2D eigenvalue weighted by Crippen LogP contribution is -2.35. The first-order valence-corrected chi connectivity index (χ1v) is 14.1. The fraction of sp³-hybridized carbons (Fsp3) is 0.100. The van der Waals surface area contributed by atoms with Crippen LogP contribution in [0, 0.1) is 5.82 Å². The summed E-state index contributed by atoms with van der Waals surface area (Å²) in [6, 6.07) is 29.5. The Hall–Kier alpha value is -3.85. The second kappa shape index (κ2) is 13.0. The largest absolute Gasteiger partial charge is 0.327 e. The molecule has 1 aromatic heterocycles. The molecular weight excluding hydrogens is 568 g/mol. The molecule has 2 amide bonds. The number of hydrogen-bond donors (Lipinski definition) is 2. The van der Waals surface area contributed by atoms with E-state index in [0.717, 1.165) is 11.1 Å². The molecule has 0 aliphatic carbocycles. The van der Waals surface area contributed by atoms with Crippen molar-refractivity contribution in [1.82, 2.24) is 20.1 Å². The summed E-state index contributed by atoms with van der Waals surface area (Å²) in [6.45, 7) is 0. The predicted molar refractivity (Wildman–Crippen MR) is 159 cm³/mol. The molecule has 1 atom stereocenters. The Morgan fingerprint density at radius 2 is 1.60 bits per heavy atom. The molecule has 0 saturated carbocycles. The van der Waals surface area contributed by atoms with Crippen LogP contribution in [0.2, 0.25) is 10.0 Å². The third kappa shape index (κ3) is 7.01. The summed E-state index contributed by atoms with van der Waals surface area (Å²) < 4.78 is 15.6. The lowest BCUT2D eigenvalue weighted by molar-refractivity contribution is 0.247. The van der Waals surface area contributed by atoms with Crippen molar-refractivity contribution in [2.24, 2.45) is 0 Å². The van der Waals surface area contributed by atoms with Gasteiger partial charge in [0.1, 0.15) is 5.82 Å². The number of benzene rings is 4. The van der Waals surface area contributed by atoms with Crippen LogP contribution in [-0.4, -0.2) is 20.8 Å². The van der Waals surface area contributed by atoms with Gasteiger partial charge in [0.15, 0.2) is 11.0 Å². The monoisotopic (exact) mass is 591 g/mol. The van der Waals surface area contributed by atoms with Crippen LogP contribution in [-0.2, 0) is 12.2 Å². The summed E-state index contributed by atoms with van der Waals surface area (Å²) in [5.74, 6) is 0.690. The number of amides is 2. The summed E-state index contributed by atoms with van der Waals surface area (Å²) in [4.78, 5) is 13.1. The number of aromatic nitrogens is 3. The van der Waals surface area contributed by atoms with Crippen LogP contribution in [0.5, 0.6) is 0 Å². The number of carbonyl (C=O) groups excluding carboxylic acids is 1. The molecule has 5 aromatic rings. The lowest BCUT2D eigenvalue weighted by atomic mass is 10.1. The number of urea groups is 1. The van der Waals surface area contributed by atoms with Crippen LogP contribution >= 0.6 is 35.0 Å². The van der Waals surface area contributed by atoms with Gasteiger partial charge in [-0.2, -0.15) is 0 Å². The molecule has 40 heavy (non-hydrogen) atoms. The van der Waals surface area contributed by atoms with E-state index in [-0.39, 0.29) is 0 Å². The summed E-state index contributed by atoms with van der Waals surface area (Å²) >= 11 is 14.4. The van der Waals surface area contributed by atoms with Crippen molar-refractivity contribution in [2.45, 2.75) is 23.4 Å². The van der Waals surface area contributed by atoms with Crippen molar-refractivity contribution in [2.75, 3.05) is 5.32 Å². The van der Waals surface area contributed by atoms with Gasteiger partial charge in [0.05, 0.1) is 16.8 Å². The molecule has 0 radical (unpaired) electrons. The van der Waals surface area contributed by atoms with Gasteiger partial charge in [-0.3, -0.25) is 4.57 Å². The maximum absolute atomic E-state index is 13.7. The van der Waals surface area contributed by atoms with Gasteiger partial charge in [0, 0.05) is 22.9 Å². The minimum absolute atomic E-state index is 0.331. The molecule has 1 unspecified atom stereocenters. The zero-order valence-electron chi connectivity index (χ0n) is 21.1. The topological polar surface area (TPSA) is 71.8 Å². The normalized spacial score (nSPS) is 11.7. The Morgan fingerprint density at radius 1 is 0.875 bits per heavy atom. The van der Waals surface area contributed by atoms with E-state index in [4.69, 9.17) is 23.2 Å². The minimum atomic E-state index is -0.610. The van der Waals surface area contributed by atoms with E-state index in [9.17, 15) is 9.18 Å². The molecule has 0 spiro atoms. The first kappa shape index (κ1) is 27.7. The SMILES string of the molecule is O=C(Nc1cccc(F)c1)NC(Cc1ccccc1)c1nnc(SCc2ccccc2)n1-c1ccc(Cl)cc1Cl. The van der Waals surface area contributed by atoms with E-state index in [2.05, 4.69) is 20.8 Å². The number of thioether (sulfide) groups is 1. The highest BCUT2D eigenvalue weighted by Gasteiger charge is 2.26. The highest BCUT2D eigenvalue weighted by Crippen LogP contribution is 2.33. The van der Waals surface area contributed by atoms with Gasteiger partial charge >= 0.3 is 6.03 Å². The Balaban J connectivity index is 1.52. The minimum Gasteiger partial charge on any atom is -0.327 e. The van der Waals surface area contributed by atoms with Gasteiger partial charge in [-0.15, -0.1) is 10.2 Å². The number of halogens is 3. The highest BCUT2D eigenvalue weighted by molar-refractivity contribution is 7.98. The Morgan fingerprint density at radius 3 is 2.30 bits per heavy atom. The van der Waals surface area contributed by atoms with E-state index in [1.807, 2.05) is 65.2 Å². The third-order valence-corrected chi connectivity index (χ3v) is 7.54. The predicted octanol–water partition coefficient (Wildman–Crippen LogP) is 8.11. The van der Waals surface area contributed by atoms with Gasteiger partial charge in [-0.05, 0) is 47.5 Å². The van der Waals surface area contributed by atoms with Crippen molar-refractivity contribution >= 4 is 46.7 Å². The van der Waals surface area contributed by atoms with E-state index in [1.54, 1.807) is 24.3 Å². The van der Waals surface area contributed by atoms with E-state index >= 15 is 0 Å².